The molecule has 2 aromatic rings. The summed E-state index contributed by atoms with van der Waals surface area (Å²) in [6.45, 7) is 0. The van der Waals surface area contributed by atoms with Gasteiger partial charge < -0.3 is 14.4 Å². The maximum absolute atomic E-state index is 12.4. The Balaban J connectivity index is 1.70. The average Bonchev–Trinajstić information content (AvgIpc) is 2.89. The number of amides is 1. The van der Waals surface area contributed by atoms with Gasteiger partial charge in [0.2, 0.25) is 5.91 Å². The van der Waals surface area contributed by atoms with E-state index in [2.05, 4.69) is 4.98 Å². The van der Waals surface area contributed by atoms with Gasteiger partial charge in [-0.2, -0.15) is 0 Å². The maximum Gasteiger partial charge on any atom is 0.228 e. The summed E-state index contributed by atoms with van der Waals surface area (Å²) in [5, 5.41) is 10.1. The molecule has 1 amide bonds. The van der Waals surface area contributed by atoms with Crippen molar-refractivity contribution in [3.8, 4) is 0 Å². The minimum atomic E-state index is -0.395. The van der Waals surface area contributed by atoms with Crippen molar-refractivity contribution in [3.63, 3.8) is 0 Å². The molecule has 1 fully saturated rings. The van der Waals surface area contributed by atoms with Gasteiger partial charge in [-0.1, -0.05) is 18.9 Å². The van der Waals surface area contributed by atoms with E-state index in [1.54, 1.807) is 11.9 Å². The Hall–Kier alpha value is -1.88. The summed E-state index contributed by atoms with van der Waals surface area (Å²) in [6.07, 6.45) is 7.49. The van der Waals surface area contributed by atoms with E-state index in [0.29, 0.717) is 0 Å². The lowest BCUT2D eigenvalue weighted by Crippen LogP contribution is -2.46. The van der Waals surface area contributed by atoms with E-state index in [1.165, 1.54) is 0 Å². The van der Waals surface area contributed by atoms with Crippen LogP contribution in [0.2, 0.25) is 0 Å². The molecule has 5 nitrogen and oxygen atoms in total. The summed E-state index contributed by atoms with van der Waals surface area (Å²) in [7, 11) is 1.79. The third-order valence-electron chi connectivity index (χ3n) is 4.33. The smallest absolute Gasteiger partial charge is 0.228 e. The zero-order valence-corrected chi connectivity index (χ0v) is 12.3. The first-order chi connectivity index (χ1) is 10.1. The van der Waals surface area contributed by atoms with Gasteiger partial charge in [-0.05, 0) is 25.0 Å². The molecule has 1 N–H and O–H groups in total. The van der Waals surface area contributed by atoms with Crippen molar-refractivity contribution >= 4 is 11.6 Å². The van der Waals surface area contributed by atoms with Crippen LogP contribution in [0, 0.1) is 0 Å². The van der Waals surface area contributed by atoms with Crippen LogP contribution in [-0.2, 0) is 11.2 Å². The van der Waals surface area contributed by atoms with Gasteiger partial charge in [0.25, 0.3) is 0 Å². The highest BCUT2D eigenvalue weighted by Crippen LogP contribution is 2.22. The Bertz CT molecular complexity index is 604. The second kappa shape index (κ2) is 5.85. The summed E-state index contributed by atoms with van der Waals surface area (Å²) in [4.78, 5) is 18.6. The number of rotatable bonds is 3. The Morgan fingerprint density at radius 2 is 2.24 bits per heavy atom. The molecular weight excluding hydrogens is 266 g/mol. The van der Waals surface area contributed by atoms with Gasteiger partial charge in [0, 0.05) is 19.4 Å². The molecule has 2 unspecified atom stereocenters. The number of likely N-dealkylation sites (N-methyl/N-ethyl adjacent to an activating group) is 1. The van der Waals surface area contributed by atoms with E-state index < -0.39 is 6.10 Å². The molecule has 1 saturated carbocycles. The SMILES string of the molecule is CN(C(=O)Cc1cn2ccccc2n1)C1CCCCC1O. The second-order valence-corrected chi connectivity index (χ2v) is 5.80. The van der Waals surface area contributed by atoms with Crippen molar-refractivity contribution in [1.29, 1.82) is 0 Å². The molecule has 2 heterocycles. The van der Waals surface area contributed by atoms with Gasteiger partial charge in [0.05, 0.1) is 24.3 Å². The van der Waals surface area contributed by atoms with E-state index in [9.17, 15) is 9.90 Å². The van der Waals surface area contributed by atoms with Crippen LogP contribution in [0.5, 0.6) is 0 Å². The number of aliphatic hydroxyl groups excluding tert-OH is 1. The number of aliphatic hydroxyl groups is 1. The van der Waals surface area contributed by atoms with Crippen LogP contribution >= 0.6 is 0 Å². The molecule has 0 aliphatic heterocycles. The first-order valence-corrected chi connectivity index (χ1v) is 7.51. The van der Waals surface area contributed by atoms with E-state index >= 15 is 0 Å². The highest BCUT2D eigenvalue weighted by Gasteiger charge is 2.29. The topological polar surface area (TPSA) is 57.8 Å². The molecule has 2 aromatic heterocycles. The quantitative estimate of drug-likeness (QED) is 0.933. The van der Waals surface area contributed by atoms with Crippen LogP contribution in [0.4, 0.5) is 0 Å². The summed E-state index contributed by atoms with van der Waals surface area (Å²) < 4.78 is 1.91. The number of nitrogens with zero attached hydrogens (tertiary/aromatic N) is 3. The fourth-order valence-electron chi connectivity index (χ4n) is 3.08. The third-order valence-corrected chi connectivity index (χ3v) is 4.33. The van der Waals surface area contributed by atoms with Crippen LogP contribution in [0.15, 0.2) is 30.6 Å². The molecule has 0 aromatic carbocycles. The summed E-state index contributed by atoms with van der Waals surface area (Å²) in [5.74, 6) is 0.0179. The van der Waals surface area contributed by atoms with Crippen LogP contribution in [0.25, 0.3) is 5.65 Å². The van der Waals surface area contributed by atoms with Crippen molar-refractivity contribution in [2.45, 2.75) is 44.2 Å². The van der Waals surface area contributed by atoms with Crippen LogP contribution < -0.4 is 0 Å². The van der Waals surface area contributed by atoms with Crippen molar-refractivity contribution in [1.82, 2.24) is 14.3 Å². The van der Waals surface area contributed by atoms with Crippen LogP contribution in [0.3, 0.4) is 0 Å². The number of fused-ring (bicyclic) bond motifs is 1. The third kappa shape index (κ3) is 2.93. The number of pyridine rings is 1. The Morgan fingerprint density at radius 1 is 1.43 bits per heavy atom. The van der Waals surface area contributed by atoms with Gasteiger partial charge in [-0.15, -0.1) is 0 Å². The molecule has 2 atom stereocenters. The molecule has 0 saturated heterocycles. The highest BCUT2D eigenvalue weighted by molar-refractivity contribution is 5.78. The molecule has 1 aliphatic rings. The zero-order valence-electron chi connectivity index (χ0n) is 12.3. The van der Waals surface area contributed by atoms with Gasteiger partial charge in [-0.3, -0.25) is 4.79 Å². The molecule has 0 spiro atoms. The molecule has 3 rings (SSSR count). The Kier molecular flexibility index (Phi) is 3.92. The maximum atomic E-state index is 12.4. The van der Waals surface area contributed by atoms with Crippen LogP contribution in [-0.4, -0.2) is 44.5 Å². The largest absolute Gasteiger partial charge is 0.391 e. The van der Waals surface area contributed by atoms with Gasteiger partial charge >= 0.3 is 0 Å². The molecule has 112 valence electrons. The number of aromatic nitrogens is 2. The van der Waals surface area contributed by atoms with Crippen LogP contribution in [0.1, 0.15) is 31.4 Å². The zero-order chi connectivity index (χ0) is 14.8. The van der Waals surface area contributed by atoms with Crippen molar-refractivity contribution < 1.29 is 9.90 Å². The molecular formula is C16H21N3O2. The van der Waals surface area contributed by atoms with Gasteiger partial charge in [-0.25, -0.2) is 4.98 Å². The van der Waals surface area contributed by atoms with E-state index in [1.807, 2.05) is 35.0 Å². The standard InChI is InChI=1S/C16H21N3O2/c1-18(13-6-2-3-7-14(13)20)16(21)10-12-11-19-9-5-4-8-15(19)17-12/h4-5,8-9,11,13-14,20H,2-3,6-7,10H2,1H3. The lowest BCUT2D eigenvalue weighted by Gasteiger charge is -2.35. The number of hydrogen-bond acceptors (Lipinski definition) is 3. The van der Waals surface area contributed by atoms with Crippen molar-refractivity contribution in [2.75, 3.05) is 7.05 Å². The Morgan fingerprint density at radius 3 is 3.00 bits per heavy atom. The van der Waals surface area contributed by atoms with E-state index in [-0.39, 0.29) is 18.4 Å². The van der Waals surface area contributed by atoms with Gasteiger partial charge in [0.1, 0.15) is 5.65 Å². The minimum Gasteiger partial charge on any atom is -0.391 e. The van der Waals surface area contributed by atoms with E-state index in [0.717, 1.165) is 37.0 Å². The molecule has 5 heteroatoms. The lowest BCUT2D eigenvalue weighted by atomic mass is 9.91. The number of hydrogen-bond donors (Lipinski definition) is 1. The van der Waals surface area contributed by atoms with Gasteiger partial charge in [0.15, 0.2) is 0 Å². The monoisotopic (exact) mass is 287 g/mol. The number of carbonyl (C=O) groups excluding carboxylic acids is 1. The average molecular weight is 287 g/mol. The van der Waals surface area contributed by atoms with Crippen molar-refractivity contribution in [2.24, 2.45) is 0 Å². The molecule has 1 aliphatic carbocycles. The molecule has 0 radical (unpaired) electrons. The normalized spacial score (nSPS) is 22.4. The fraction of sp³-hybridized carbons (Fsp3) is 0.500. The summed E-state index contributed by atoms with van der Waals surface area (Å²) in [5.41, 5.74) is 1.61. The number of imidazole rings is 1. The predicted octanol–water partition coefficient (Wildman–Crippen LogP) is 1.64. The fourth-order valence-corrected chi connectivity index (χ4v) is 3.08. The second-order valence-electron chi connectivity index (χ2n) is 5.80. The highest BCUT2D eigenvalue weighted by atomic mass is 16.3. The first kappa shape index (κ1) is 14.1. The summed E-state index contributed by atoms with van der Waals surface area (Å²) >= 11 is 0. The molecule has 21 heavy (non-hydrogen) atoms. The van der Waals surface area contributed by atoms with Crippen molar-refractivity contribution in [3.05, 3.63) is 36.3 Å². The minimum absolute atomic E-state index is 0.0179. The van der Waals surface area contributed by atoms with E-state index in [4.69, 9.17) is 0 Å². The molecule has 0 bridgehead atoms. The number of carbonyl (C=O) groups is 1. The predicted molar refractivity (Wildman–Crippen MR) is 79.9 cm³/mol. The summed E-state index contributed by atoms with van der Waals surface area (Å²) in [6, 6.07) is 5.73. The Labute approximate surface area is 124 Å². The lowest BCUT2D eigenvalue weighted by molar-refractivity contribution is -0.134. The first-order valence-electron chi connectivity index (χ1n) is 7.51.